The molecule has 0 fully saturated rings. The van der Waals surface area contributed by atoms with Crippen molar-refractivity contribution < 1.29 is 13.3 Å². The molecule has 7 nitrogen and oxygen atoms in total. The second kappa shape index (κ2) is 9.95. The lowest BCUT2D eigenvalue weighted by Crippen LogP contribution is -2.01. The summed E-state index contributed by atoms with van der Waals surface area (Å²) in [4.78, 5) is 20.1. The Balaban J connectivity index is 1.24. The second-order valence-corrected chi connectivity index (χ2v) is 11.4. The number of hydrogen-bond acceptors (Lipinski definition) is 7. The maximum atomic E-state index is 6.23. The number of nitrogens with zero attached hydrogens (tertiary/aromatic N) is 4. The Morgan fingerprint density at radius 3 is 1.51 bits per heavy atom. The van der Waals surface area contributed by atoms with E-state index in [2.05, 4.69) is 12.1 Å². The van der Waals surface area contributed by atoms with Crippen molar-refractivity contribution in [2.75, 3.05) is 0 Å². The number of rotatable bonds is 4. The van der Waals surface area contributed by atoms with Crippen LogP contribution in [-0.4, -0.2) is 19.9 Å². The van der Waals surface area contributed by atoms with Crippen LogP contribution in [0.1, 0.15) is 0 Å². The van der Waals surface area contributed by atoms with Gasteiger partial charge in [-0.1, -0.05) is 84.9 Å². The fraction of sp³-hybridized carbons (Fsp3) is 0. The molecule has 0 saturated heterocycles. The largest absolute Gasteiger partial charge is 0.456 e. The van der Waals surface area contributed by atoms with E-state index in [4.69, 9.17) is 33.2 Å². The SMILES string of the molecule is c1cc(-c2nc(-c3cccc4oc5ccccc5c34)nc(-c3cccc4oc5ccccc5c34)n2)cc(-c2nc3ccccc3o2)c1. The number of furan rings is 2. The summed E-state index contributed by atoms with van der Waals surface area (Å²) in [5.74, 6) is 2.14. The van der Waals surface area contributed by atoms with Gasteiger partial charge < -0.3 is 13.3 Å². The molecule has 0 N–H and O–H groups in total. The van der Waals surface area contributed by atoms with E-state index in [0.29, 0.717) is 23.4 Å². The molecule has 0 atom stereocenters. The van der Waals surface area contributed by atoms with Gasteiger partial charge in [-0.05, 0) is 48.5 Å². The molecule has 6 aromatic carbocycles. The fourth-order valence-electron chi connectivity index (χ4n) is 6.45. The molecule has 0 unspecified atom stereocenters. The Labute approximate surface area is 266 Å². The molecule has 220 valence electrons. The predicted octanol–water partition coefficient (Wildman–Crippen LogP) is 10.5. The first kappa shape index (κ1) is 25.7. The van der Waals surface area contributed by atoms with Gasteiger partial charge in [-0.15, -0.1) is 0 Å². The van der Waals surface area contributed by atoms with Crippen molar-refractivity contribution in [2.24, 2.45) is 0 Å². The molecule has 4 heterocycles. The number of para-hydroxylation sites is 4. The molecule has 0 spiro atoms. The predicted molar refractivity (Wildman–Crippen MR) is 184 cm³/mol. The number of fused-ring (bicyclic) bond motifs is 7. The van der Waals surface area contributed by atoms with Gasteiger partial charge in [0, 0.05) is 43.8 Å². The van der Waals surface area contributed by atoms with Crippen LogP contribution >= 0.6 is 0 Å². The summed E-state index contributed by atoms with van der Waals surface area (Å²) in [5, 5.41) is 3.92. The molecular weight excluding hydrogens is 584 g/mol. The third-order valence-electron chi connectivity index (χ3n) is 8.58. The maximum absolute atomic E-state index is 6.23. The minimum absolute atomic E-state index is 0.526. The standard InChI is InChI=1S/C40H22N4O3/c1-4-17-30-25(12-1)35-27(14-8-20-33(35)45-30)38-42-37(23-10-7-11-24(22-23)40-41-29-16-3-6-19-32(29)47-40)43-39(44-38)28-15-9-21-34-36(28)26-13-2-5-18-31(26)46-34/h1-22H. The van der Waals surface area contributed by atoms with E-state index >= 15 is 0 Å². The van der Waals surface area contributed by atoms with E-state index in [1.807, 2.05) is 121 Å². The highest BCUT2D eigenvalue weighted by Crippen LogP contribution is 2.39. The minimum Gasteiger partial charge on any atom is -0.456 e. The van der Waals surface area contributed by atoms with Crippen LogP contribution in [0.3, 0.4) is 0 Å². The van der Waals surface area contributed by atoms with Crippen molar-refractivity contribution in [3.05, 3.63) is 133 Å². The molecule has 0 aliphatic carbocycles. The molecule has 10 rings (SSSR count). The average molecular weight is 607 g/mol. The number of hydrogen-bond donors (Lipinski definition) is 0. The minimum atomic E-state index is 0.526. The van der Waals surface area contributed by atoms with Crippen molar-refractivity contribution in [3.8, 4) is 45.6 Å². The van der Waals surface area contributed by atoms with E-state index in [1.165, 1.54) is 0 Å². The zero-order valence-electron chi connectivity index (χ0n) is 24.7. The molecule has 47 heavy (non-hydrogen) atoms. The Morgan fingerprint density at radius 2 is 0.872 bits per heavy atom. The summed E-state index contributed by atoms with van der Waals surface area (Å²) in [5.41, 5.74) is 8.05. The van der Waals surface area contributed by atoms with Gasteiger partial charge in [0.25, 0.3) is 0 Å². The quantitative estimate of drug-likeness (QED) is 0.197. The normalized spacial score (nSPS) is 11.8. The number of oxazole rings is 1. The molecule has 0 amide bonds. The van der Waals surface area contributed by atoms with Gasteiger partial charge in [-0.3, -0.25) is 0 Å². The third-order valence-corrected chi connectivity index (χ3v) is 8.58. The van der Waals surface area contributed by atoms with Gasteiger partial charge in [-0.25, -0.2) is 19.9 Å². The number of aromatic nitrogens is 4. The highest BCUT2D eigenvalue weighted by atomic mass is 16.3. The van der Waals surface area contributed by atoms with Gasteiger partial charge in [0.05, 0.1) is 0 Å². The van der Waals surface area contributed by atoms with Gasteiger partial charge in [0.2, 0.25) is 5.89 Å². The van der Waals surface area contributed by atoms with Gasteiger partial charge >= 0.3 is 0 Å². The van der Waals surface area contributed by atoms with E-state index < -0.39 is 0 Å². The van der Waals surface area contributed by atoms with Crippen molar-refractivity contribution in [3.63, 3.8) is 0 Å². The molecule has 0 radical (unpaired) electrons. The van der Waals surface area contributed by atoms with E-state index in [9.17, 15) is 0 Å². The lowest BCUT2D eigenvalue weighted by molar-refractivity contribution is 0.620. The summed E-state index contributed by atoms with van der Waals surface area (Å²) >= 11 is 0. The zero-order valence-corrected chi connectivity index (χ0v) is 24.7. The highest BCUT2D eigenvalue weighted by molar-refractivity contribution is 6.13. The molecular formula is C40H22N4O3. The zero-order chi connectivity index (χ0) is 30.9. The Hall–Kier alpha value is -6.60. The summed E-state index contributed by atoms with van der Waals surface area (Å²) in [6.45, 7) is 0. The van der Waals surface area contributed by atoms with E-state index in [1.54, 1.807) is 0 Å². The van der Waals surface area contributed by atoms with Crippen LogP contribution in [-0.2, 0) is 0 Å². The molecule has 4 aromatic heterocycles. The topological polar surface area (TPSA) is 91.0 Å². The molecule has 10 aromatic rings. The smallest absolute Gasteiger partial charge is 0.227 e. The van der Waals surface area contributed by atoms with Crippen LogP contribution < -0.4 is 0 Å². The fourth-order valence-corrected chi connectivity index (χ4v) is 6.45. The van der Waals surface area contributed by atoms with Crippen LogP contribution in [0.15, 0.2) is 147 Å². The van der Waals surface area contributed by atoms with E-state index in [-0.39, 0.29) is 0 Å². The second-order valence-electron chi connectivity index (χ2n) is 11.4. The first-order chi connectivity index (χ1) is 23.3. The molecule has 0 bridgehead atoms. The van der Waals surface area contributed by atoms with Gasteiger partial charge in [0.15, 0.2) is 23.1 Å². The summed E-state index contributed by atoms with van der Waals surface area (Å²) in [6, 6.07) is 43.7. The first-order valence-electron chi connectivity index (χ1n) is 15.3. The Morgan fingerprint density at radius 1 is 0.362 bits per heavy atom. The van der Waals surface area contributed by atoms with Gasteiger partial charge in [0.1, 0.15) is 27.8 Å². The van der Waals surface area contributed by atoms with E-state index in [0.717, 1.165) is 77.2 Å². The Kier molecular flexibility index (Phi) is 5.44. The molecule has 0 saturated carbocycles. The van der Waals surface area contributed by atoms with Crippen LogP contribution in [0.5, 0.6) is 0 Å². The summed E-state index contributed by atoms with van der Waals surface area (Å²) in [7, 11) is 0. The van der Waals surface area contributed by atoms with Crippen molar-refractivity contribution in [1.82, 2.24) is 19.9 Å². The van der Waals surface area contributed by atoms with Gasteiger partial charge in [-0.2, -0.15) is 0 Å². The highest BCUT2D eigenvalue weighted by Gasteiger charge is 2.20. The maximum Gasteiger partial charge on any atom is 0.227 e. The molecule has 7 heteroatoms. The van der Waals surface area contributed by atoms with Crippen LogP contribution in [0.4, 0.5) is 0 Å². The lowest BCUT2D eigenvalue weighted by atomic mass is 10.0. The monoisotopic (exact) mass is 606 g/mol. The lowest BCUT2D eigenvalue weighted by Gasteiger charge is -2.10. The Bertz CT molecular complexity index is 2660. The third kappa shape index (κ3) is 4.07. The average Bonchev–Trinajstić information content (AvgIpc) is 3.85. The van der Waals surface area contributed by atoms with Crippen molar-refractivity contribution in [2.45, 2.75) is 0 Å². The van der Waals surface area contributed by atoms with Crippen molar-refractivity contribution in [1.29, 1.82) is 0 Å². The molecule has 0 aliphatic rings. The van der Waals surface area contributed by atoms with Crippen molar-refractivity contribution >= 4 is 55.0 Å². The molecule has 0 aliphatic heterocycles. The number of benzene rings is 6. The summed E-state index contributed by atoms with van der Waals surface area (Å²) < 4.78 is 18.6. The first-order valence-corrected chi connectivity index (χ1v) is 15.3. The summed E-state index contributed by atoms with van der Waals surface area (Å²) in [6.07, 6.45) is 0. The van der Waals surface area contributed by atoms with Crippen LogP contribution in [0.25, 0.3) is 101 Å². The van der Waals surface area contributed by atoms with Crippen LogP contribution in [0, 0.1) is 0 Å². The van der Waals surface area contributed by atoms with Crippen LogP contribution in [0.2, 0.25) is 0 Å².